The van der Waals surface area contributed by atoms with Gasteiger partial charge in [0.2, 0.25) is 0 Å². The Kier molecular flexibility index (Phi) is 7.84. The van der Waals surface area contributed by atoms with Crippen molar-refractivity contribution in [3.8, 4) is 11.5 Å². The lowest BCUT2D eigenvalue weighted by atomic mass is 9.96. The third-order valence-electron chi connectivity index (χ3n) is 5.26. The number of benzene rings is 2. The van der Waals surface area contributed by atoms with Crippen molar-refractivity contribution in [2.75, 3.05) is 20.8 Å². The van der Waals surface area contributed by atoms with E-state index in [0.717, 1.165) is 0 Å². The summed E-state index contributed by atoms with van der Waals surface area (Å²) >= 11 is 0. The Bertz CT molecular complexity index is 807. The topological polar surface area (TPSA) is 138 Å². The molecule has 1 fully saturated rings. The maximum Gasteiger partial charge on any atom is 0.187 e. The first-order valence-electron chi connectivity index (χ1n) is 9.81. The van der Waals surface area contributed by atoms with Crippen LogP contribution in [0.3, 0.4) is 0 Å². The molecule has 0 radical (unpaired) electrons. The lowest BCUT2D eigenvalue weighted by Crippen LogP contribution is -2.59. The predicted octanol–water partition coefficient (Wildman–Crippen LogP) is 0.295. The zero-order valence-corrected chi connectivity index (χ0v) is 17.2. The highest BCUT2D eigenvalue weighted by Crippen LogP contribution is 2.38. The zero-order valence-electron chi connectivity index (χ0n) is 17.2. The van der Waals surface area contributed by atoms with Gasteiger partial charge in [0, 0.05) is 6.07 Å². The van der Waals surface area contributed by atoms with E-state index in [4.69, 9.17) is 18.9 Å². The van der Waals surface area contributed by atoms with Gasteiger partial charge in [-0.2, -0.15) is 0 Å². The number of aliphatic hydroxyl groups excluding tert-OH is 5. The van der Waals surface area contributed by atoms with Crippen LogP contribution in [0.4, 0.5) is 0 Å². The Morgan fingerprint density at radius 1 is 0.871 bits per heavy atom. The van der Waals surface area contributed by atoms with Crippen LogP contribution >= 0.6 is 0 Å². The molecule has 0 amide bonds. The zero-order chi connectivity index (χ0) is 22.5. The fraction of sp³-hybridized carbons (Fsp3) is 0.455. The molecule has 31 heavy (non-hydrogen) atoms. The number of hydrogen-bond donors (Lipinski definition) is 5. The van der Waals surface area contributed by atoms with Crippen molar-refractivity contribution in [2.45, 2.75) is 42.9 Å². The van der Waals surface area contributed by atoms with Gasteiger partial charge in [0.25, 0.3) is 0 Å². The van der Waals surface area contributed by atoms with Crippen LogP contribution in [-0.4, -0.2) is 77.1 Å². The van der Waals surface area contributed by atoms with Gasteiger partial charge in [-0.05, 0) is 23.3 Å². The normalized spacial score (nSPS) is 28.0. The molecule has 1 aliphatic rings. The molecular weight excluding hydrogens is 408 g/mol. The largest absolute Gasteiger partial charge is 0.497 e. The molecule has 7 atom stereocenters. The average Bonchev–Trinajstić information content (AvgIpc) is 2.81. The van der Waals surface area contributed by atoms with Crippen molar-refractivity contribution in [3.05, 3.63) is 59.7 Å². The van der Waals surface area contributed by atoms with Crippen LogP contribution in [-0.2, 0) is 9.47 Å². The molecule has 3 rings (SSSR count). The third-order valence-corrected chi connectivity index (χ3v) is 5.26. The fourth-order valence-corrected chi connectivity index (χ4v) is 3.48. The molecular formula is C22H28O9. The van der Waals surface area contributed by atoms with Crippen LogP contribution in [0.2, 0.25) is 0 Å². The highest BCUT2D eigenvalue weighted by Gasteiger charge is 2.45. The summed E-state index contributed by atoms with van der Waals surface area (Å²) in [6.07, 6.45) is -9.58. The quantitative estimate of drug-likeness (QED) is 0.395. The average molecular weight is 436 g/mol. The van der Waals surface area contributed by atoms with E-state index >= 15 is 0 Å². The molecule has 0 aromatic heterocycles. The second-order valence-corrected chi connectivity index (χ2v) is 7.26. The van der Waals surface area contributed by atoms with Gasteiger partial charge in [-0.15, -0.1) is 0 Å². The standard InChI is InChI=1S/C22H28O9/c1-28-14-8-13(9-15(10-14)29-2)21(17(24)12-6-4-3-5-7-12)31-22-20(27)19(26)18(25)16(11-23)30-22/h3-10,16-27H,11H2,1-2H3/t16-,17-,18-,19+,20-,21+,22+/m0/s1. The third kappa shape index (κ3) is 5.16. The van der Waals surface area contributed by atoms with Gasteiger partial charge in [-0.1, -0.05) is 30.3 Å². The summed E-state index contributed by atoms with van der Waals surface area (Å²) in [5.74, 6) is 0.911. The van der Waals surface area contributed by atoms with E-state index in [1.165, 1.54) is 14.2 Å². The van der Waals surface area contributed by atoms with Crippen LogP contribution in [0.5, 0.6) is 11.5 Å². The monoisotopic (exact) mass is 436 g/mol. The summed E-state index contributed by atoms with van der Waals surface area (Å²) in [6.45, 7) is -0.594. The molecule has 0 spiro atoms. The highest BCUT2D eigenvalue weighted by atomic mass is 16.7. The first-order chi connectivity index (χ1) is 14.9. The Labute approximate surface area is 180 Å². The molecule has 0 saturated carbocycles. The molecule has 2 aromatic carbocycles. The molecule has 2 aromatic rings. The first-order valence-corrected chi connectivity index (χ1v) is 9.81. The summed E-state index contributed by atoms with van der Waals surface area (Å²) in [4.78, 5) is 0. The number of hydrogen-bond acceptors (Lipinski definition) is 9. The molecule has 170 valence electrons. The molecule has 9 heteroatoms. The van der Waals surface area contributed by atoms with Gasteiger partial charge in [-0.25, -0.2) is 0 Å². The lowest BCUT2D eigenvalue weighted by molar-refractivity contribution is -0.319. The van der Waals surface area contributed by atoms with Gasteiger partial charge in [0.05, 0.1) is 20.8 Å². The highest BCUT2D eigenvalue weighted by molar-refractivity contribution is 5.40. The van der Waals surface area contributed by atoms with Gasteiger partial charge >= 0.3 is 0 Å². The van der Waals surface area contributed by atoms with Crippen molar-refractivity contribution < 1.29 is 44.5 Å². The number of methoxy groups -OCH3 is 2. The van der Waals surface area contributed by atoms with Crippen molar-refractivity contribution in [1.82, 2.24) is 0 Å². The van der Waals surface area contributed by atoms with Crippen LogP contribution in [0.15, 0.2) is 48.5 Å². The molecule has 0 bridgehead atoms. The summed E-state index contributed by atoms with van der Waals surface area (Å²) in [5, 5.41) is 51.1. The van der Waals surface area contributed by atoms with Gasteiger partial charge in [0.1, 0.15) is 48.1 Å². The molecule has 0 aliphatic carbocycles. The Morgan fingerprint density at radius 3 is 2.03 bits per heavy atom. The second-order valence-electron chi connectivity index (χ2n) is 7.26. The summed E-state index contributed by atoms with van der Waals surface area (Å²) in [5.41, 5.74) is 1.00. The fourth-order valence-electron chi connectivity index (χ4n) is 3.48. The number of aliphatic hydroxyl groups is 5. The Hall–Kier alpha value is -2.24. The van der Waals surface area contributed by atoms with E-state index in [0.29, 0.717) is 22.6 Å². The van der Waals surface area contributed by atoms with Crippen molar-refractivity contribution in [3.63, 3.8) is 0 Å². The van der Waals surface area contributed by atoms with Gasteiger partial charge in [-0.3, -0.25) is 0 Å². The van der Waals surface area contributed by atoms with Crippen molar-refractivity contribution in [1.29, 1.82) is 0 Å². The van der Waals surface area contributed by atoms with Gasteiger partial charge in [0.15, 0.2) is 6.29 Å². The van der Waals surface area contributed by atoms with Gasteiger partial charge < -0.3 is 44.5 Å². The van der Waals surface area contributed by atoms with Crippen LogP contribution in [0.25, 0.3) is 0 Å². The van der Waals surface area contributed by atoms with E-state index in [9.17, 15) is 25.5 Å². The van der Waals surface area contributed by atoms with E-state index < -0.39 is 49.5 Å². The summed E-state index contributed by atoms with van der Waals surface area (Å²) in [7, 11) is 2.97. The van der Waals surface area contributed by atoms with Crippen LogP contribution in [0, 0.1) is 0 Å². The number of rotatable bonds is 8. The lowest BCUT2D eigenvalue weighted by Gasteiger charge is -2.41. The van der Waals surface area contributed by atoms with E-state index in [1.807, 2.05) is 0 Å². The second kappa shape index (κ2) is 10.4. The molecule has 5 N–H and O–H groups in total. The van der Waals surface area contributed by atoms with Crippen LogP contribution < -0.4 is 9.47 Å². The van der Waals surface area contributed by atoms with E-state index in [-0.39, 0.29) is 0 Å². The van der Waals surface area contributed by atoms with E-state index in [2.05, 4.69) is 0 Å². The maximum absolute atomic E-state index is 11.1. The summed E-state index contributed by atoms with van der Waals surface area (Å²) < 4.78 is 22.0. The predicted molar refractivity (Wildman–Crippen MR) is 109 cm³/mol. The smallest absolute Gasteiger partial charge is 0.187 e. The molecule has 1 aliphatic heterocycles. The molecule has 0 unspecified atom stereocenters. The minimum absolute atomic E-state index is 0.456. The molecule has 1 saturated heterocycles. The van der Waals surface area contributed by atoms with Crippen molar-refractivity contribution >= 4 is 0 Å². The molecule has 9 nitrogen and oxygen atoms in total. The minimum Gasteiger partial charge on any atom is -0.497 e. The maximum atomic E-state index is 11.1. The molecule has 1 heterocycles. The Morgan fingerprint density at radius 2 is 1.48 bits per heavy atom. The van der Waals surface area contributed by atoms with Crippen LogP contribution in [0.1, 0.15) is 23.3 Å². The van der Waals surface area contributed by atoms with E-state index in [1.54, 1.807) is 48.5 Å². The SMILES string of the molecule is COc1cc(OC)cc([C@@H](O[C@H]2O[C@@H](CO)[C@H](O)[C@@H](O)[C@@H]2O)[C@@H](O)c2ccccc2)c1. The summed E-state index contributed by atoms with van der Waals surface area (Å²) in [6, 6.07) is 13.7. The number of ether oxygens (including phenoxy) is 4. The Balaban J connectivity index is 1.98. The van der Waals surface area contributed by atoms with Crippen molar-refractivity contribution in [2.24, 2.45) is 0 Å². The minimum atomic E-state index is -1.62. The first kappa shape index (κ1) is 23.4.